The van der Waals surface area contributed by atoms with Crippen molar-refractivity contribution in [3.63, 3.8) is 0 Å². The van der Waals surface area contributed by atoms with Crippen molar-refractivity contribution in [3.8, 4) is 11.5 Å². The van der Waals surface area contributed by atoms with Crippen LogP contribution in [-0.4, -0.2) is 11.5 Å². The van der Waals surface area contributed by atoms with Crippen LogP contribution in [0.15, 0.2) is 42.5 Å². The Bertz CT molecular complexity index is 624. The molecule has 0 aromatic heterocycles. The van der Waals surface area contributed by atoms with Gasteiger partial charge < -0.3 is 10.1 Å². The van der Waals surface area contributed by atoms with Crippen LogP contribution in [0.5, 0.6) is 11.5 Å². The highest BCUT2D eigenvalue weighted by atomic mass is 16.6. The van der Waals surface area contributed by atoms with Gasteiger partial charge in [0.15, 0.2) is 0 Å². The van der Waals surface area contributed by atoms with Crippen LogP contribution < -0.4 is 10.1 Å². The molecule has 0 spiro atoms. The van der Waals surface area contributed by atoms with Crippen LogP contribution in [0.1, 0.15) is 18.1 Å². The minimum absolute atomic E-state index is 0.0551. The molecule has 0 bridgehead atoms. The van der Waals surface area contributed by atoms with Crippen molar-refractivity contribution in [1.82, 2.24) is 5.32 Å². The van der Waals surface area contributed by atoms with E-state index in [0.29, 0.717) is 5.75 Å². The van der Waals surface area contributed by atoms with Crippen molar-refractivity contribution >= 4 is 5.69 Å². The molecule has 1 N–H and O–H groups in total. The Morgan fingerprint density at radius 2 is 1.81 bits per heavy atom. The maximum Gasteiger partial charge on any atom is 0.269 e. The third-order valence-electron chi connectivity index (χ3n) is 3.16. The molecule has 110 valence electrons. The van der Waals surface area contributed by atoms with Gasteiger partial charge in [0, 0.05) is 18.7 Å². The highest BCUT2D eigenvalue weighted by molar-refractivity contribution is 5.40. The number of hydrogen-bond donors (Lipinski definition) is 1. The second-order valence-electron chi connectivity index (χ2n) is 4.72. The summed E-state index contributed by atoms with van der Waals surface area (Å²) in [6.07, 6.45) is 0. The zero-order valence-electron chi connectivity index (χ0n) is 12.1. The number of hydrogen-bond acceptors (Lipinski definition) is 4. The molecule has 0 aliphatic heterocycles. The summed E-state index contributed by atoms with van der Waals surface area (Å²) < 4.78 is 5.71. The predicted molar refractivity (Wildman–Crippen MR) is 81.7 cm³/mol. The van der Waals surface area contributed by atoms with Gasteiger partial charge in [-0.3, -0.25) is 10.1 Å². The molecule has 0 saturated heterocycles. The number of nitro benzene ring substituents is 1. The smallest absolute Gasteiger partial charge is 0.269 e. The molecule has 0 fully saturated rings. The molecule has 0 saturated carbocycles. The summed E-state index contributed by atoms with van der Waals surface area (Å²) in [5, 5.41) is 13.9. The predicted octanol–water partition coefficient (Wildman–Crippen LogP) is 3.81. The molecule has 5 heteroatoms. The van der Waals surface area contributed by atoms with Gasteiger partial charge in [-0.1, -0.05) is 13.0 Å². The molecular formula is C16H18N2O3. The summed E-state index contributed by atoms with van der Waals surface area (Å²) >= 11 is 0. The zero-order valence-corrected chi connectivity index (χ0v) is 12.1. The van der Waals surface area contributed by atoms with Crippen LogP contribution in [0.2, 0.25) is 0 Å². The molecule has 0 amide bonds. The monoisotopic (exact) mass is 286 g/mol. The van der Waals surface area contributed by atoms with Crippen LogP contribution in [-0.2, 0) is 6.54 Å². The van der Waals surface area contributed by atoms with E-state index >= 15 is 0 Å². The van der Waals surface area contributed by atoms with Gasteiger partial charge in [0.25, 0.3) is 5.69 Å². The van der Waals surface area contributed by atoms with Crippen molar-refractivity contribution in [1.29, 1.82) is 0 Å². The number of nitrogens with zero attached hydrogens (tertiary/aromatic N) is 1. The van der Waals surface area contributed by atoms with Crippen molar-refractivity contribution in [3.05, 3.63) is 63.7 Å². The summed E-state index contributed by atoms with van der Waals surface area (Å²) in [4.78, 5) is 10.2. The summed E-state index contributed by atoms with van der Waals surface area (Å²) in [7, 11) is 0. The fraction of sp³-hybridized carbons (Fsp3) is 0.250. The summed E-state index contributed by atoms with van der Waals surface area (Å²) in [6, 6.07) is 12.0. The maximum absolute atomic E-state index is 10.6. The molecule has 0 aliphatic carbocycles. The van der Waals surface area contributed by atoms with E-state index in [1.165, 1.54) is 17.7 Å². The average Bonchev–Trinajstić information content (AvgIpc) is 2.47. The van der Waals surface area contributed by atoms with E-state index in [2.05, 4.69) is 12.2 Å². The minimum Gasteiger partial charge on any atom is -0.457 e. The molecule has 2 rings (SSSR count). The first-order chi connectivity index (χ1) is 10.1. The second kappa shape index (κ2) is 6.85. The van der Waals surface area contributed by atoms with Crippen LogP contribution >= 0.6 is 0 Å². The third-order valence-corrected chi connectivity index (χ3v) is 3.16. The number of nitro groups is 1. The Hall–Kier alpha value is -2.40. The Balaban J connectivity index is 2.09. The van der Waals surface area contributed by atoms with Gasteiger partial charge in [0.2, 0.25) is 0 Å². The van der Waals surface area contributed by atoms with Crippen LogP contribution in [0.25, 0.3) is 0 Å². The van der Waals surface area contributed by atoms with Gasteiger partial charge in [-0.25, -0.2) is 0 Å². The molecular weight excluding hydrogens is 268 g/mol. The van der Waals surface area contributed by atoms with E-state index in [1.807, 2.05) is 25.1 Å². The van der Waals surface area contributed by atoms with Gasteiger partial charge in [-0.05, 0) is 48.9 Å². The van der Waals surface area contributed by atoms with Crippen LogP contribution in [0.3, 0.4) is 0 Å². The van der Waals surface area contributed by atoms with E-state index in [4.69, 9.17) is 4.74 Å². The first kappa shape index (κ1) is 15.0. The lowest BCUT2D eigenvalue weighted by Gasteiger charge is -2.10. The topological polar surface area (TPSA) is 64.4 Å². The fourth-order valence-electron chi connectivity index (χ4n) is 1.96. The number of non-ortho nitro benzene ring substituents is 1. The number of benzene rings is 2. The summed E-state index contributed by atoms with van der Waals surface area (Å²) in [5.41, 5.74) is 2.43. The van der Waals surface area contributed by atoms with Crippen molar-refractivity contribution in [2.75, 3.05) is 6.54 Å². The fourth-order valence-corrected chi connectivity index (χ4v) is 1.96. The third kappa shape index (κ3) is 4.03. The lowest BCUT2D eigenvalue weighted by molar-refractivity contribution is -0.384. The van der Waals surface area contributed by atoms with Gasteiger partial charge in [0.05, 0.1) is 4.92 Å². The van der Waals surface area contributed by atoms with Crippen LogP contribution in [0.4, 0.5) is 5.69 Å². The highest BCUT2D eigenvalue weighted by Crippen LogP contribution is 2.25. The summed E-state index contributed by atoms with van der Waals surface area (Å²) in [5.74, 6) is 1.31. The van der Waals surface area contributed by atoms with Gasteiger partial charge in [-0.15, -0.1) is 0 Å². The second-order valence-corrected chi connectivity index (χ2v) is 4.72. The minimum atomic E-state index is -0.427. The molecule has 2 aromatic rings. The van der Waals surface area contributed by atoms with E-state index in [1.54, 1.807) is 12.1 Å². The van der Waals surface area contributed by atoms with Gasteiger partial charge in [-0.2, -0.15) is 0 Å². The Morgan fingerprint density at radius 1 is 1.14 bits per heavy atom. The molecule has 0 radical (unpaired) electrons. The zero-order chi connectivity index (χ0) is 15.2. The molecule has 0 atom stereocenters. The Morgan fingerprint density at radius 3 is 2.38 bits per heavy atom. The Labute approximate surface area is 123 Å². The lowest BCUT2D eigenvalue weighted by atomic mass is 10.1. The van der Waals surface area contributed by atoms with E-state index in [-0.39, 0.29) is 5.69 Å². The largest absolute Gasteiger partial charge is 0.457 e. The molecule has 0 heterocycles. The quantitative estimate of drug-likeness (QED) is 0.648. The number of nitrogens with one attached hydrogen (secondary N) is 1. The van der Waals surface area contributed by atoms with E-state index in [0.717, 1.165) is 24.4 Å². The standard InChI is InChI=1S/C16H18N2O3/c1-3-17-11-13-4-7-16(10-12(13)2)21-15-8-5-14(6-9-15)18(19)20/h4-10,17H,3,11H2,1-2H3. The van der Waals surface area contributed by atoms with Gasteiger partial charge >= 0.3 is 0 Å². The number of rotatable bonds is 6. The maximum atomic E-state index is 10.6. The normalized spacial score (nSPS) is 10.4. The van der Waals surface area contributed by atoms with E-state index < -0.39 is 4.92 Å². The highest BCUT2D eigenvalue weighted by Gasteiger charge is 2.06. The molecule has 0 aliphatic rings. The average molecular weight is 286 g/mol. The first-order valence-electron chi connectivity index (χ1n) is 6.82. The SMILES string of the molecule is CCNCc1ccc(Oc2ccc([N+](=O)[O-])cc2)cc1C. The number of ether oxygens (including phenoxy) is 1. The van der Waals surface area contributed by atoms with E-state index in [9.17, 15) is 10.1 Å². The molecule has 2 aromatic carbocycles. The molecule has 5 nitrogen and oxygen atoms in total. The Kier molecular flexibility index (Phi) is 4.90. The first-order valence-corrected chi connectivity index (χ1v) is 6.82. The van der Waals surface area contributed by atoms with Crippen molar-refractivity contribution in [2.24, 2.45) is 0 Å². The van der Waals surface area contributed by atoms with Crippen molar-refractivity contribution in [2.45, 2.75) is 20.4 Å². The van der Waals surface area contributed by atoms with Gasteiger partial charge in [0.1, 0.15) is 11.5 Å². The number of aryl methyl sites for hydroxylation is 1. The van der Waals surface area contributed by atoms with Crippen LogP contribution in [0, 0.1) is 17.0 Å². The van der Waals surface area contributed by atoms with Crippen molar-refractivity contribution < 1.29 is 9.66 Å². The lowest BCUT2D eigenvalue weighted by Crippen LogP contribution is -2.12. The summed E-state index contributed by atoms with van der Waals surface area (Å²) in [6.45, 7) is 5.87. The molecule has 21 heavy (non-hydrogen) atoms. The molecule has 0 unspecified atom stereocenters.